The fourth-order valence-corrected chi connectivity index (χ4v) is 1.61. The third-order valence-electron chi connectivity index (χ3n) is 2.46. The Labute approximate surface area is 110 Å². The fourth-order valence-electron chi connectivity index (χ4n) is 1.61. The monoisotopic (exact) mass is 264 g/mol. The lowest BCUT2D eigenvalue weighted by Gasteiger charge is -2.15. The molecule has 8 nitrogen and oxygen atoms in total. The second-order valence-electron chi connectivity index (χ2n) is 3.56. The Bertz CT molecular complexity index is 504. The Kier molecular flexibility index (Phi) is 4.01. The Morgan fingerprint density at radius 3 is 2.26 bits per heavy atom. The van der Waals surface area contributed by atoms with Crippen LogP contribution < -0.4 is 14.2 Å². The number of nitrogens with zero attached hydrogens (tertiary/aromatic N) is 4. The second-order valence-corrected chi connectivity index (χ2v) is 3.56. The highest BCUT2D eigenvalue weighted by Gasteiger charge is 2.12. The molecule has 2 rings (SSSR count). The van der Waals surface area contributed by atoms with E-state index in [1.807, 2.05) is 12.1 Å². The van der Waals surface area contributed by atoms with Gasteiger partial charge < -0.3 is 19.5 Å². The first kappa shape index (κ1) is 12.9. The van der Waals surface area contributed by atoms with Crippen LogP contribution in [0.25, 0.3) is 5.32 Å². The number of rotatable bonds is 6. The minimum Gasteiger partial charge on any atom is -0.493 e. The Morgan fingerprint density at radius 1 is 1.11 bits per heavy atom. The maximum Gasteiger partial charge on any atom is 0.203 e. The van der Waals surface area contributed by atoms with Gasteiger partial charge >= 0.3 is 0 Å². The molecule has 0 aliphatic carbocycles. The molecule has 19 heavy (non-hydrogen) atoms. The molecule has 2 aromatic rings. The maximum absolute atomic E-state index is 5.26. The van der Waals surface area contributed by atoms with Crippen LogP contribution in [0.4, 0.5) is 5.95 Å². The van der Waals surface area contributed by atoms with Crippen LogP contribution in [0.2, 0.25) is 0 Å². The minimum atomic E-state index is 0.300. The Hall–Kier alpha value is -2.51. The average Bonchev–Trinajstić information content (AvgIpc) is 2.97. The van der Waals surface area contributed by atoms with E-state index in [9.17, 15) is 0 Å². The number of hydrogen-bond donors (Lipinski definition) is 1. The van der Waals surface area contributed by atoms with Crippen molar-refractivity contribution < 1.29 is 14.2 Å². The molecule has 0 bridgehead atoms. The molecule has 0 spiro atoms. The number of aromatic nitrogens is 4. The lowest BCUT2D eigenvalue weighted by Crippen LogP contribution is -1.97. The molecule has 0 atom stereocenters. The van der Waals surface area contributed by atoms with Gasteiger partial charge in [-0.1, -0.05) is 0 Å². The zero-order valence-corrected chi connectivity index (χ0v) is 10.9. The molecule has 0 saturated heterocycles. The summed E-state index contributed by atoms with van der Waals surface area (Å²) < 4.78 is 15.8. The van der Waals surface area contributed by atoms with Crippen LogP contribution in [0, 0.1) is 0 Å². The van der Waals surface area contributed by atoms with E-state index in [0.29, 0.717) is 29.7 Å². The molecule has 8 heteroatoms. The summed E-state index contributed by atoms with van der Waals surface area (Å²) >= 11 is 0. The van der Waals surface area contributed by atoms with Crippen molar-refractivity contribution in [2.45, 2.75) is 6.54 Å². The van der Waals surface area contributed by atoms with Crippen LogP contribution in [0.3, 0.4) is 0 Å². The van der Waals surface area contributed by atoms with Crippen molar-refractivity contribution in [3.63, 3.8) is 0 Å². The normalized spacial score (nSPS) is 10.1. The van der Waals surface area contributed by atoms with Crippen molar-refractivity contribution in [3.05, 3.63) is 23.0 Å². The van der Waals surface area contributed by atoms with E-state index in [0.717, 1.165) is 5.56 Å². The standard InChI is InChI=1S/C11H14N5O3/c1-17-8-4-7(5-9(18-2)10(8)19-3)6-12-11-13-15-16-14-11/h4-5H,6H2,1-3H3,(H-,12,13,14,15,16)/q-1. The van der Waals surface area contributed by atoms with Gasteiger partial charge in [-0.25, -0.2) is 0 Å². The van der Waals surface area contributed by atoms with Crippen LogP contribution in [0.5, 0.6) is 17.2 Å². The number of nitrogens with one attached hydrogen (secondary N) is 1. The van der Waals surface area contributed by atoms with Gasteiger partial charge in [0, 0.05) is 6.54 Å². The topological polar surface area (TPSA) is 96.3 Å². The summed E-state index contributed by atoms with van der Waals surface area (Å²) in [5, 5.41) is 17.4. The van der Waals surface area contributed by atoms with Gasteiger partial charge in [0.15, 0.2) is 11.5 Å². The zero-order chi connectivity index (χ0) is 13.7. The minimum absolute atomic E-state index is 0.300. The predicted molar refractivity (Wildman–Crippen MR) is 67.0 cm³/mol. The lowest BCUT2D eigenvalue weighted by atomic mass is 10.2. The van der Waals surface area contributed by atoms with Gasteiger partial charge in [-0.2, -0.15) is 0 Å². The highest BCUT2D eigenvalue weighted by molar-refractivity contribution is 5.54. The summed E-state index contributed by atoms with van der Waals surface area (Å²) in [4.78, 5) is 0. The van der Waals surface area contributed by atoms with E-state index >= 15 is 0 Å². The maximum atomic E-state index is 5.26. The highest BCUT2D eigenvalue weighted by Crippen LogP contribution is 2.38. The molecule has 0 fully saturated rings. The van der Waals surface area contributed by atoms with Crippen molar-refractivity contribution >= 4 is 5.95 Å². The number of aromatic amines is 1. The average molecular weight is 264 g/mol. The van der Waals surface area contributed by atoms with Gasteiger partial charge in [0.25, 0.3) is 0 Å². The molecule has 1 aromatic heterocycles. The first-order valence-corrected chi connectivity index (χ1v) is 5.48. The molecule has 1 heterocycles. The third kappa shape index (κ3) is 2.84. The zero-order valence-electron chi connectivity index (χ0n) is 10.9. The van der Waals surface area contributed by atoms with Crippen molar-refractivity contribution in [1.82, 2.24) is 20.6 Å². The Balaban J connectivity index is 2.20. The SMILES string of the molecule is COc1cc(C[N-]c2nn[nH]n2)cc(OC)c1OC. The van der Waals surface area contributed by atoms with E-state index in [-0.39, 0.29) is 0 Å². The summed E-state index contributed by atoms with van der Waals surface area (Å²) in [5.41, 5.74) is 0.888. The van der Waals surface area contributed by atoms with Gasteiger partial charge in [0.1, 0.15) is 0 Å². The van der Waals surface area contributed by atoms with E-state index < -0.39 is 0 Å². The molecule has 1 aromatic carbocycles. The molecule has 0 amide bonds. The summed E-state index contributed by atoms with van der Waals surface area (Å²) in [6.45, 7) is 0.385. The summed E-state index contributed by atoms with van der Waals surface area (Å²) in [7, 11) is 4.69. The van der Waals surface area contributed by atoms with E-state index in [1.165, 1.54) is 0 Å². The first-order chi connectivity index (χ1) is 9.28. The number of benzene rings is 1. The van der Waals surface area contributed by atoms with Crippen LogP contribution in [-0.4, -0.2) is 42.0 Å². The van der Waals surface area contributed by atoms with Gasteiger partial charge in [0.2, 0.25) is 5.75 Å². The molecule has 102 valence electrons. The van der Waals surface area contributed by atoms with Crippen LogP contribution in [-0.2, 0) is 6.54 Å². The Morgan fingerprint density at radius 2 is 1.79 bits per heavy atom. The van der Waals surface area contributed by atoms with Crippen molar-refractivity contribution in [2.75, 3.05) is 21.3 Å². The number of tetrazole rings is 1. The van der Waals surface area contributed by atoms with Crippen LogP contribution in [0.15, 0.2) is 12.1 Å². The van der Waals surface area contributed by atoms with Crippen molar-refractivity contribution in [1.29, 1.82) is 0 Å². The molecular weight excluding hydrogens is 250 g/mol. The summed E-state index contributed by atoms with van der Waals surface area (Å²) in [6, 6.07) is 3.65. The van der Waals surface area contributed by atoms with Gasteiger partial charge in [-0.05, 0) is 17.7 Å². The van der Waals surface area contributed by atoms with Crippen molar-refractivity contribution in [3.8, 4) is 17.2 Å². The second kappa shape index (κ2) is 5.89. The molecular formula is C11H14N5O3-. The molecule has 0 radical (unpaired) electrons. The molecule has 0 saturated carbocycles. The number of ether oxygens (including phenoxy) is 3. The van der Waals surface area contributed by atoms with Gasteiger partial charge in [0.05, 0.1) is 27.3 Å². The van der Waals surface area contributed by atoms with E-state index in [2.05, 4.69) is 25.9 Å². The van der Waals surface area contributed by atoms with Gasteiger partial charge in [-0.15, -0.1) is 5.21 Å². The summed E-state index contributed by atoms with van der Waals surface area (Å²) in [5.74, 6) is 2.02. The number of hydrogen-bond acceptors (Lipinski definition) is 6. The number of methoxy groups -OCH3 is 3. The molecule has 0 aliphatic heterocycles. The fraction of sp³-hybridized carbons (Fsp3) is 0.364. The molecule has 0 aliphatic rings. The number of H-pyrrole nitrogens is 1. The van der Waals surface area contributed by atoms with E-state index in [1.54, 1.807) is 21.3 Å². The van der Waals surface area contributed by atoms with Crippen LogP contribution >= 0.6 is 0 Å². The smallest absolute Gasteiger partial charge is 0.203 e. The lowest BCUT2D eigenvalue weighted by molar-refractivity contribution is 0.324. The molecule has 1 N–H and O–H groups in total. The highest BCUT2D eigenvalue weighted by atomic mass is 16.5. The van der Waals surface area contributed by atoms with Gasteiger partial charge in [-0.3, -0.25) is 15.4 Å². The predicted octanol–water partition coefficient (Wildman–Crippen LogP) is 1.43. The summed E-state index contributed by atoms with van der Waals surface area (Å²) in [6.07, 6.45) is 0. The van der Waals surface area contributed by atoms with Crippen molar-refractivity contribution in [2.24, 2.45) is 0 Å². The molecule has 0 unspecified atom stereocenters. The van der Waals surface area contributed by atoms with Crippen LogP contribution in [0.1, 0.15) is 5.56 Å². The largest absolute Gasteiger partial charge is 0.493 e. The quantitative estimate of drug-likeness (QED) is 0.847. The van der Waals surface area contributed by atoms with E-state index in [4.69, 9.17) is 14.2 Å². The third-order valence-corrected chi connectivity index (χ3v) is 2.46. The first-order valence-electron chi connectivity index (χ1n) is 5.48.